The predicted molar refractivity (Wildman–Crippen MR) is 40.5 cm³/mol. The number of nitrogens with zero attached hydrogens (tertiary/aromatic N) is 2. The molecule has 0 spiro atoms. The number of rotatable bonds is 2. The number of hydrogen-bond donors (Lipinski definition) is 0. The highest BCUT2D eigenvalue weighted by atomic mass is 15.1. The van der Waals surface area contributed by atoms with Gasteiger partial charge in [-0.25, -0.2) is 0 Å². The van der Waals surface area contributed by atoms with E-state index in [1.165, 1.54) is 12.8 Å². The first-order valence-electron chi connectivity index (χ1n) is 3.96. The second kappa shape index (κ2) is 3.58. The Bertz CT molecular complexity index is 137. The fourth-order valence-corrected chi connectivity index (χ4v) is 1.49. The molecule has 56 valence electrons. The van der Waals surface area contributed by atoms with Gasteiger partial charge < -0.3 is 0 Å². The molecule has 1 atom stereocenters. The average molecular weight is 138 g/mol. The van der Waals surface area contributed by atoms with Gasteiger partial charge in [0.1, 0.15) is 0 Å². The molecule has 0 radical (unpaired) electrons. The molecule has 1 aliphatic heterocycles. The maximum atomic E-state index is 8.39. The molecule has 1 saturated heterocycles. The second-order valence-corrected chi connectivity index (χ2v) is 2.96. The minimum absolute atomic E-state index is 0.622. The van der Waals surface area contributed by atoms with E-state index in [-0.39, 0.29) is 0 Å². The monoisotopic (exact) mass is 138 g/mol. The maximum Gasteiger partial charge on any atom is 0.0866 e. The maximum absolute atomic E-state index is 8.39. The van der Waals surface area contributed by atoms with Gasteiger partial charge in [0.15, 0.2) is 0 Å². The van der Waals surface area contributed by atoms with Gasteiger partial charge in [-0.05, 0) is 18.9 Å². The average Bonchev–Trinajstić information content (AvgIpc) is 2.37. The zero-order chi connectivity index (χ0) is 7.40. The van der Waals surface area contributed by atoms with Crippen LogP contribution in [0.15, 0.2) is 0 Å². The fourth-order valence-electron chi connectivity index (χ4n) is 1.49. The summed E-state index contributed by atoms with van der Waals surface area (Å²) in [4.78, 5) is 2.23. The molecule has 10 heavy (non-hydrogen) atoms. The van der Waals surface area contributed by atoms with Gasteiger partial charge in [-0.3, -0.25) is 4.90 Å². The van der Waals surface area contributed by atoms with Crippen LogP contribution >= 0.6 is 0 Å². The lowest BCUT2D eigenvalue weighted by atomic mass is 10.1. The van der Waals surface area contributed by atoms with Crippen molar-refractivity contribution in [3.8, 4) is 6.07 Å². The minimum Gasteiger partial charge on any atom is -0.290 e. The van der Waals surface area contributed by atoms with Crippen LogP contribution in [0, 0.1) is 17.2 Å². The van der Waals surface area contributed by atoms with Crippen LogP contribution in [-0.4, -0.2) is 24.5 Å². The Balaban J connectivity index is 2.23. The summed E-state index contributed by atoms with van der Waals surface area (Å²) in [6, 6.07) is 2.18. The zero-order valence-electron chi connectivity index (χ0n) is 6.51. The molecule has 0 aromatic rings. The van der Waals surface area contributed by atoms with E-state index in [0.29, 0.717) is 6.54 Å². The molecule has 1 unspecified atom stereocenters. The van der Waals surface area contributed by atoms with Crippen molar-refractivity contribution in [2.24, 2.45) is 5.92 Å². The van der Waals surface area contributed by atoms with Crippen LogP contribution in [0.1, 0.15) is 19.8 Å². The van der Waals surface area contributed by atoms with Crippen molar-refractivity contribution in [2.75, 3.05) is 19.6 Å². The highest BCUT2D eigenvalue weighted by Crippen LogP contribution is 2.17. The third kappa shape index (κ3) is 1.71. The first-order chi connectivity index (χ1) is 4.86. The van der Waals surface area contributed by atoms with Gasteiger partial charge in [-0.15, -0.1) is 0 Å². The van der Waals surface area contributed by atoms with E-state index in [2.05, 4.69) is 17.9 Å². The molecule has 0 aromatic carbocycles. The van der Waals surface area contributed by atoms with E-state index in [1.54, 1.807) is 0 Å². The van der Waals surface area contributed by atoms with Crippen molar-refractivity contribution in [3.05, 3.63) is 0 Å². The number of hydrogen-bond acceptors (Lipinski definition) is 2. The molecule has 2 nitrogen and oxygen atoms in total. The van der Waals surface area contributed by atoms with Crippen molar-refractivity contribution in [1.29, 1.82) is 5.26 Å². The third-order valence-electron chi connectivity index (χ3n) is 2.24. The van der Waals surface area contributed by atoms with E-state index >= 15 is 0 Å². The Kier molecular flexibility index (Phi) is 2.70. The number of likely N-dealkylation sites (tertiary alicyclic amines) is 1. The van der Waals surface area contributed by atoms with Crippen molar-refractivity contribution in [3.63, 3.8) is 0 Å². The summed E-state index contributed by atoms with van der Waals surface area (Å²) >= 11 is 0. The Labute approximate surface area is 62.4 Å². The summed E-state index contributed by atoms with van der Waals surface area (Å²) in [5.41, 5.74) is 0. The highest BCUT2D eigenvalue weighted by molar-refractivity contribution is 4.82. The molecule has 0 aliphatic carbocycles. The summed E-state index contributed by atoms with van der Waals surface area (Å²) in [5, 5.41) is 8.39. The fraction of sp³-hybridized carbons (Fsp3) is 0.875. The van der Waals surface area contributed by atoms with Gasteiger partial charge in [0.2, 0.25) is 0 Å². The van der Waals surface area contributed by atoms with Gasteiger partial charge >= 0.3 is 0 Å². The third-order valence-corrected chi connectivity index (χ3v) is 2.24. The molecular formula is C8H14N2. The topological polar surface area (TPSA) is 27.0 Å². The summed E-state index contributed by atoms with van der Waals surface area (Å²) < 4.78 is 0. The van der Waals surface area contributed by atoms with E-state index in [1.807, 2.05) is 0 Å². The summed E-state index contributed by atoms with van der Waals surface area (Å²) in [6.07, 6.45) is 2.56. The summed E-state index contributed by atoms with van der Waals surface area (Å²) in [5.74, 6) is 0.855. The molecule has 0 N–H and O–H groups in total. The van der Waals surface area contributed by atoms with Crippen LogP contribution in [-0.2, 0) is 0 Å². The van der Waals surface area contributed by atoms with E-state index in [9.17, 15) is 0 Å². The molecule has 1 heterocycles. The molecule has 1 rings (SSSR count). The van der Waals surface area contributed by atoms with Crippen molar-refractivity contribution >= 4 is 0 Å². The van der Waals surface area contributed by atoms with E-state index in [4.69, 9.17) is 5.26 Å². The summed E-state index contributed by atoms with van der Waals surface area (Å²) in [6.45, 7) is 5.12. The SMILES string of the molecule is CCC1CCN(CC#N)C1. The lowest BCUT2D eigenvalue weighted by molar-refractivity contribution is 0.360. The molecule has 0 aromatic heterocycles. The normalized spacial score (nSPS) is 26.6. The lowest BCUT2D eigenvalue weighted by Gasteiger charge is -2.09. The molecular weight excluding hydrogens is 124 g/mol. The first-order valence-corrected chi connectivity index (χ1v) is 3.96. The van der Waals surface area contributed by atoms with Gasteiger partial charge in [-0.1, -0.05) is 13.3 Å². The van der Waals surface area contributed by atoms with Gasteiger partial charge in [0, 0.05) is 6.54 Å². The largest absolute Gasteiger partial charge is 0.290 e. The Morgan fingerprint density at radius 1 is 1.70 bits per heavy atom. The van der Waals surface area contributed by atoms with Crippen LogP contribution in [0.2, 0.25) is 0 Å². The van der Waals surface area contributed by atoms with E-state index in [0.717, 1.165) is 19.0 Å². The lowest BCUT2D eigenvalue weighted by Crippen LogP contribution is -2.20. The number of nitriles is 1. The van der Waals surface area contributed by atoms with Gasteiger partial charge in [-0.2, -0.15) is 5.26 Å². The zero-order valence-corrected chi connectivity index (χ0v) is 6.51. The molecule has 0 bridgehead atoms. The van der Waals surface area contributed by atoms with Crippen LogP contribution in [0.5, 0.6) is 0 Å². The smallest absolute Gasteiger partial charge is 0.0866 e. The van der Waals surface area contributed by atoms with Crippen LogP contribution in [0.4, 0.5) is 0 Å². The minimum atomic E-state index is 0.622. The second-order valence-electron chi connectivity index (χ2n) is 2.96. The van der Waals surface area contributed by atoms with Crippen molar-refractivity contribution < 1.29 is 0 Å². The van der Waals surface area contributed by atoms with Gasteiger partial charge in [0.05, 0.1) is 12.6 Å². The quantitative estimate of drug-likeness (QED) is 0.537. The molecule has 0 amide bonds. The van der Waals surface area contributed by atoms with Crippen molar-refractivity contribution in [2.45, 2.75) is 19.8 Å². The van der Waals surface area contributed by atoms with Crippen LogP contribution < -0.4 is 0 Å². The standard InChI is InChI=1S/C8H14N2/c1-2-8-3-5-10(7-8)6-4-9/h8H,2-3,5-7H2,1H3. The van der Waals surface area contributed by atoms with Gasteiger partial charge in [0.25, 0.3) is 0 Å². The highest BCUT2D eigenvalue weighted by Gasteiger charge is 2.19. The molecule has 2 heteroatoms. The molecule has 1 fully saturated rings. The van der Waals surface area contributed by atoms with Crippen LogP contribution in [0.25, 0.3) is 0 Å². The van der Waals surface area contributed by atoms with Crippen LogP contribution in [0.3, 0.4) is 0 Å². The van der Waals surface area contributed by atoms with Crippen molar-refractivity contribution in [1.82, 2.24) is 4.90 Å². The Morgan fingerprint density at radius 2 is 2.50 bits per heavy atom. The Morgan fingerprint density at radius 3 is 3.00 bits per heavy atom. The molecule has 0 saturated carbocycles. The first kappa shape index (κ1) is 7.56. The summed E-state index contributed by atoms with van der Waals surface area (Å²) in [7, 11) is 0. The Hall–Kier alpha value is -0.550. The predicted octanol–water partition coefficient (Wildman–Crippen LogP) is 1.24. The van der Waals surface area contributed by atoms with E-state index < -0.39 is 0 Å². The molecule has 1 aliphatic rings.